The van der Waals surface area contributed by atoms with Gasteiger partial charge in [-0.15, -0.1) is 0 Å². The average Bonchev–Trinajstić information content (AvgIpc) is 2.82. The van der Waals surface area contributed by atoms with Crippen molar-refractivity contribution >= 4 is 5.91 Å². The Morgan fingerprint density at radius 1 is 1.50 bits per heavy atom. The molecular weight excluding hydrogens is 202 g/mol. The summed E-state index contributed by atoms with van der Waals surface area (Å²) < 4.78 is 0. The van der Waals surface area contributed by atoms with Gasteiger partial charge < -0.3 is 16.0 Å². The maximum absolute atomic E-state index is 12.1. The third-order valence-corrected chi connectivity index (χ3v) is 3.34. The van der Waals surface area contributed by atoms with Gasteiger partial charge in [-0.1, -0.05) is 13.8 Å². The highest BCUT2D eigenvalue weighted by Crippen LogP contribution is 2.24. The highest BCUT2D eigenvalue weighted by Gasteiger charge is 2.32. The zero-order valence-electron chi connectivity index (χ0n) is 10.0. The van der Waals surface area contributed by atoms with Crippen molar-refractivity contribution in [3.63, 3.8) is 0 Å². The summed E-state index contributed by atoms with van der Waals surface area (Å²) >= 11 is 0. The molecular formula is C12H21N3O. The molecule has 0 atom stereocenters. The first kappa shape index (κ1) is 12.8. The highest BCUT2D eigenvalue weighted by molar-refractivity contribution is 5.82. The Hall–Kier alpha value is -1.29. The maximum atomic E-state index is 12.1. The van der Waals surface area contributed by atoms with Crippen LogP contribution in [-0.2, 0) is 11.3 Å². The minimum absolute atomic E-state index is 0.0567. The molecule has 1 aromatic heterocycles. The number of rotatable bonds is 6. The molecule has 0 aliphatic rings. The fourth-order valence-electron chi connectivity index (χ4n) is 1.79. The number of nitrogens with one attached hydrogen (secondary N) is 2. The Kier molecular flexibility index (Phi) is 4.55. The van der Waals surface area contributed by atoms with E-state index in [2.05, 4.69) is 10.3 Å². The van der Waals surface area contributed by atoms with Gasteiger partial charge in [0.1, 0.15) is 0 Å². The van der Waals surface area contributed by atoms with Gasteiger partial charge in [0, 0.05) is 25.5 Å². The lowest BCUT2D eigenvalue weighted by Gasteiger charge is -2.28. The molecule has 4 nitrogen and oxygen atoms in total. The third-order valence-electron chi connectivity index (χ3n) is 3.34. The van der Waals surface area contributed by atoms with Crippen LogP contribution in [0.1, 0.15) is 32.3 Å². The number of carbonyl (C=O) groups excluding carboxylic acids is 1. The highest BCUT2D eigenvalue weighted by atomic mass is 16.2. The summed E-state index contributed by atoms with van der Waals surface area (Å²) in [5.74, 6) is 0.0567. The predicted octanol–water partition coefficient (Wildman–Crippen LogP) is 1.40. The van der Waals surface area contributed by atoms with E-state index in [0.29, 0.717) is 13.1 Å². The van der Waals surface area contributed by atoms with Gasteiger partial charge >= 0.3 is 0 Å². The number of amides is 1. The predicted molar refractivity (Wildman–Crippen MR) is 64.7 cm³/mol. The molecule has 1 rings (SSSR count). The zero-order chi connectivity index (χ0) is 12.0. The number of nitrogens with two attached hydrogens (primary N) is 1. The smallest absolute Gasteiger partial charge is 0.227 e. The van der Waals surface area contributed by atoms with Crippen LogP contribution in [0.15, 0.2) is 18.5 Å². The summed E-state index contributed by atoms with van der Waals surface area (Å²) in [6, 6.07) is 1.95. The van der Waals surface area contributed by atoms with E-state index in [9.17, 15) is 4.79 Å². The maximum Gasteiger partial charge on any atom is 0.227 e. The minimum Gasteiger partial charge on any atom is -0.367 e. The zero-order valence-corrected chi connectivity index (χ0v) is 10.0. The van der Waals surface area contributed by atoms with E-state index in [-0.39, 0.29) is 5.91 Å². The van der Waals surface area contributed by atoms with Crippen LogP contribution in [-0.4, -0.2) is 17.4 Å². The van der Waals surface area contributed by atoms with Crippen molar-refractivity contribution in [2.75, 3.05) is 6.54 Å². The SMILES string of the molecule is CCC(CC)(CN)C(=O)NCc1cc[nH]c1. The van der Waals surface area contributed by atoms with Crippen LogP contribution >= 0.6 is 0 Å². The Balaban J connectivity index is 2.56. The quantitative estimate of drug-likeness (QED) is 0.682. The molecule has 16 heavy (non-hydrogen) atoms. The van der Waals surface area contributed by atoms with E-state index in [1.807, 2.05) is 32.3 Å². The molecule has 0 saturated carbocycles. The monoisotopic (exact) mass is 223 g/mol. The first-order valence-corrected chi connectivity index (χ1v) is 5.78. The summed E-state index contributed by atoms with van der Waals surface area (Å²) in [6.07, 6.45) is 5.28. The Morgan fingerprint density at radius 2 is 2.19 bits per heavy atom. The van der Waals surface area contributed by atoms with Gasteiger partial charge in [-0.05, 0) is 24.5 Å². The topological polar surface area (TPSA) is 70.9 Å². The number of hydrogen-bond donors (Lipinski definition) is 3. The molecule has 90 valence electrons. The summed E-state index contributed by atoms with van der Waals surface area (Å²) in [5.41, 5.74) is 6.38. The van der Waals surface area contributed by atoms with Crippen molar-refractivity contribution in [1.82, 2.24) is 10.3 Å². The second-order valence-electron chi connectivity index (χ2n) is 4.09. The fourth-order valence-corrected chi connectivity index (χ4v) is 1.79. The Labute approximate surface area is 96.6 Å². The minimum atomic E-state index is -0.406. The molecule has 0 fully saturated rings. The summed E-state index contributed by atoms with van der Waals surface area (Å²) in [6.45, 7) is 4.97. The number of hydrogen-bond acceptors (Lipinski definition) is 2. The standard InChI is InChI=1S/C12H21N3O/c1-3-12(4-2,9-13)11(16)15-8-10-5-6-14-7-10/h5-7,14H,3-4,8-9,13H2,1-2H3,(H,15,16). The van der Waals surface area contributed by atoms with Crippen molar-refractivity contribution < 1.29 is 4.79 Å². The molecule has 0 bridgehead atoms. The van der Waals surface area contributed by atoms with E-state index in [1.165, 1.54) is 0 Å². The normalized spacial score (nSPS) is 11.4. The first-order chi connectivity index (χ1) is 7.68. The number of aromatic nitrogens is 1. The van der Waals surface area contributed by atoms with Crippen LogP contribution < -0.4 is 11.1 Å². The van der Waals surface area contributed by atoms with E-state index in [0.717, 1.165) is 18.4 Å². The lowest BCUT2D eigenvalue weighted by molar-refractivity contribution is -0.131. The molecule has 0 aliphatic carbocycles. The van der Waals surface area contributed by atoms with Crippen LogP contribution in [0.3, 0.4) is 0 Å². The van der Waals surface area contributed by atoms with Crippen molar-refractivity contribution in [3.8, 4) is 0 Å². The van der Waals surface area contributed by atoms with Crippen LogP contribution in [0.25, 0.3) is 0 Å². The van der Waals surface area contributed by atoms with Crippen molar-refractivity contribution in [2.45, 2.75) is 33.2 Å². The van der Waals surface area contributed by atoms with Crippen molar-refractivity contribution in [1.29, 1.82) is 0 Å². The largest absolute Gasteiger partial charge is 0.367 e. The van der Waals surface area contributed by atoms with Crippen LogP contribution in [0.4, 0.5) is 0 Å². The Morgan fingerprint density at radius 3 is 2.62 bits per heavy atom. The Bertz CT molecular complexity index is 307. The first-order valence-electron chi connectivity index (χ1n) is 5.78. The van der Waals surface area contributed by atoms with E-state index < -0.39 is 5.41 Å². The molecule has 0 aliphatic heterocycles. The van der Waals surface area contributed by atoms with Crippen molar-refractivity contribution in [3.05, 3.63) is 24.0 Å². The molecule has 0 saturated heterocycles. The third kappa shape index (κ3) is 2.64. The van der Waals surface area contributed by atoms with Gasteiger partial charge in [-0.25, -0.2) is 0 Å². The van der Waals surface area contributed by atoms with Gasteiger partial charge in [0.2, 0.25) is 5.91 Å². The summed E-state index contributed by atoms with van der Waals surface area (Å²) in [7, 11) is 0. The number of carbonyl (C=O) groups is 1. The lowest BCUT2D eigenvalue weighted by Crippen LogP contribution is -2.44. The lowest BCUT2D eigenvalue weighted by atomic mass is 9.81. The average molecular weight is 223 g/mol. The number of H-pyrrole nitrogens is 1. The molecule has 0 unspecified atom stereocenters. The van der Waals surface area contributed by atoms with Gasteiger partial charge in [-0.2, -0.15) is 0 Å². The van der Waals surface area contributed by atoms with E-state index >= 15 is 0 Å². The fraction of sp³-hybridized carbons (Fsp3) is 0.583. The summed E-state index contributed by atoms with van der Waals surface area (Å²) in [4.78, 5) is 15.0. The van der Waals surface area contributed by atoms with Gasteiger partial charge in [-0.3, -0.25) is 4.79 Å². The van der Waals surface area contributed by atoms with Crippen LogP contribution in [0.2, 0.25) is 0 Å². The second kappa shape index (κ2) is 5.70. The van der Waals surface area contributed by atoms with Crippen molar-refractivity contribution in [2.24, 2.45) is 11.1 Å². The van der Waals surface area contributed by atoms with Gasteiger partial charge in [0.25, 0.3) is 0 Å². The molecule has 1 amide bonds. The van der Waals surface area contributed by atoms with Crippen LogP contribution in [0, 0.1) is 5.41 Å². The molecule has 0 radical (unpaired) electrons. The molecule has 1 heterocycles. The second-order valence-corrected chi connectivity index (χ2v) is 4.09. The molecule has 1 aromatic rings. The van der Waals surface area contributed by atoms with E-state index in [1.54, 1.807) is 0 Å². The molecule has 4 N–H and O–H groups in total. The number of aromatic amines is 1. The van der Waals surface area contributed by atoms with E-state index in [4.69, 9.17) is 5.73 Å². The van der Waals surface area contributed by atoms with Gasteiger partial charge in [0.15, 0.2) is 0 Å². The molecule has 4 heteroatoms. The molecule has 0 spiro atoms. The molecule has 0 aromatic carbocycles. The summed E-state index contributed by atoms with van der Waals surface area (Å²) in [5, 5.41) is 2.94. The van der Waals surface area contributed by atoms with Crippen LogP contribution in [0.5, 0.6) is 0 Å². The van der Waals surface area contributed by atoms with Gasteiger partial charge in [0.05, 0.1) is 5.41 Å².